The first-order chi connectivity index (χ1) is 10.2. The standard InChI is InChI=1S/C18H28N2O/c1-4-6-14-20(15-7-5-2)18(21)19-13-12-17-10-8-16(3)9-11-17/h8-13H,4-7,14-15H2,1-3H3,(H,19,21)/b13-12+. The highest BCUT2D eigenvalue weighted by molar-refractivity contribution is 5.76. The number of benzene rings is 1. The lowest BCUT2D eigenvalue weighted by atomic mass is 10.1. The van der Waals surface area contributed by atoms with E-state index in [4.69, 9.17) is 0 Å². The highest BCUT2D eigenvalue weighted by Gasteiger charge is 2.10. The Labute approximate surface area is 129 Å². The highest BCUT2D eigenvalue weighted by Crippen LogP contribution is 2.05. The number of nitrogens with one attached hydrogen (secondary N) is 1. The third-order valence-corrected chi connectivity index (χ3v) is 3.41. The number of hydrogen-bond acceptors (Lipinski definition) is 1. The molecule has 0 radical (unpaired) electrons. The van der Waals surface area contributed by atoms with Crippen molar-refractivity contribution in [1.82, 2.24) is 10.2 Å². The molecule has 0 atom stereocenters. The second-order valence-electron chi connectivity index (χ2n) is 5.39. The van der Waals surface area contributed by atoms with Gasteiger partial charge in [-0.3, -0.25) is 0 Å². The molecule has 0 saturated carbocycles. The van der Waals surface area contributed by atoms with E-state index in [0.29, 0.717) is 0 Å². The molecule has 0 aliphatic carbocycles. The molecule has 21 heavy (non-hydrogen) atoms. The summed E-state index contributed by atoms with van der Waals surface area (Å²) in [7, 11) is 0. The molecule has 1 aromatic rings. The smallest absolute Gasteiger partial charge is 0.321 e. The SMILES string of the molecule is CCCCN(CCCC)C(=O)N/C=C/c1ccc(C)cc1. The molecule has 1 N–H and O–H groups in total. The Kier molecular flexibility index (Phi) is 8.25. The second kappa shape index (κ2) is 10.0. The van der Waals surface area contributed by atoms with Gasteiger partial charge >= 0.3 is 6.03 Å². The van der Waals surface area contributed by atoms with Crippen LogP contribution in [0.1, 0.15) is 50.7 Å². The van der Waals surface area contributed by atoms with Crippen LogP contribution in [0.3, 0.4) is 0 Å². The van der Waals surface area contributed by atoms with Crippen LogP contribution in [-0.2, 0) is 0 Å². The van der Waals surface area contributed by atoms with Crippen LogP contribution in [0.2, 0.25) is 0 Å². The van der Waals surface area contributed by atoms with E-state index < -0.39 is 0 Å². The fourth-order valence-electron chi connectivity index (χ4n) is 1.99. The lowest BCUT2D eigenvalue weighted by molar-refractivity contribution is 0.200. The first kappa shape index (κ1) is 17.3. The van der Waals surface area contributed by atoms with E-state index >= 15 is 0 Å². The fourth-order valence-corrected chi connectivity index (χ4v) is 1.99. The number of amides is 2. The summed E-state index contributed by atoms with van der Waals surface area (Å²) in [5, 5.41) is 2.87. The van der Waals surface area contributed by atoms with Gasteiger partial charge in [0.15, 0.2) is 0 Å². The minimum absolute atomic E-state index is 0.000242. The van der Waals surface area contributed by atoms with E-state index in [1.807, 2.05) is 23.1 Å². The molecule has 0 spiro atoms. The van der Waals surface area contributed by atoms with E-state index in [0.717, 1.165) is 44.3 Å². The summed E-state index contributed by atoms with van der Waals surface area (Å²) in [4.78, 5) is 14.1. The Hall–Kier alpha value is -1.77. The largest absolute Gasteiger partial charge is 0.325 e. The van der Waals surface area contributed by atoms with Crippen LogP contribution in [0, 0.1) is 6.92 Å². The fraction of sp³-hybridized carbons (Fsp3) is 0.500. The van der Waals surface area contributed by atoms with Gasteiger partial charge in [0.1, 0.15) is 0 Å². The molecule has 2 amide bonds. The monoisotopic (exact) mass is 288 g/mol. The normalized spacial score (nSPS) is 10.8. The van der Waals surface area contributed by atoms with Crippen LogP contribution in [0.25, 0.3) is 6.08 Å². The Morgan fingerprint density at radius 3 is 2.19 bits per heavy atom. The third kappa shape index (κ3) is 6.98. The van der Waals surface area contributed by atoms with E-state index in [2.05, 4.69) is 38.2 Å². The maximum absolute atomic E-state index is 12.2. The zero-order chi connectivity index (χ0) is 15.5. The van der Waals surface area contributed by atoms with E-state index in [1.54, 1.807) is 6.20 Å². The zero-order valence-electron chi connectivity index (χ0n) is 13.6. The minimum Gasteiger partial charge on any atom is -0.325 e. The summed E-state index contributed by atoms with van der Waals surface area (Å²) in [6.45, 7) is 8.02. The Bertz CT molecular complexity index is 429. The van der Waals surface area contributed by atoms with Crippen LogP contribution in [0.4, 0.5) is 4.79 Å². The van der Waals surface area contributed by atoms with Crippen molar-refractivity contribution >= 4 is 12.1 Å². The van der Waals surface area contributed by atoms with Crippen LogP contribution in [0.15, 0.2) is 30.5 Å². The molecule has 0 bridgehead atoms. The maximum Gasteiger partial charge on any atom is 0.321 e. The molecule has 0 aliphatic rings. The number of urea groups is 1. The van der Waals surface area contributed by atoms with Gasteiger partial charge in [-0.2, -0.15) is 0 Å². The maximum atomic E-state index is 12.2. The number of carbonyl (C=O) groups excluding carboxylic acids is 1. The Morgan fingerprint density at radius 1 is 1.10 bits per heavy atom. The average Bonchev–Trinajstić information content (AvgIpc) is 2.49. The summed E-state index contributed by atoms with van der Waals surface area (Å²) >= 11 is 0. The van der Waals surface area contributed by atoms with Gasteiger partial charge in [-0.15, -0.1) is 0 Å². The summed E-state index contributed by atoms with van der Waals surface area (Å²) in [5.74, 6) is 0. The van der Waals surface area contributed by atoms with Crippen molar-refractivity contribution in [3.8, 4) is 0 Å². The lowest BCUT2D eigenvalue weighted by Gasteiger charge is -2.21. The molecule has 1 rings (SSSR count). The molecule has 0 aliphatic heterocycles. The van der Waals surface area contributed by atoms with E-state index in [-0.39, 0.29) is 6.03 Å². The summed E-state index contributed by atoms with van der Waals surface area (Å²) in [6, 6.07) is 8.22. The minimum atomic E-state index is 0.000242. The predicted molar refractivity (Wildman–Crippen MR) is 90.1 cm³/mol. The molecule has 0 fully saturated rings. The molecular weight excluding hydrogens is 260 g/mol. The summed E-state index contributed by atoms with van der Waals surface area (Å²) in [6.07, 6.45) is 7.98. The topological polar surface area (TPSA) is 32.3 Å². The Morgan fingerprint density at radius 2 is 1.67 bits per heavy atom. The first-order valence-electron chi connectivity index (χ1n) is 7.96. The molecular formula is C18H28N2O. The molecule has 0 unspecified atom stereocenters. The Balaban J connectivity index is 2.49. The molecule has 1 aromatic carbocycles. The van der Waals surface area contributed by atoms with Crippen molar-refractivity contribution in [3.63, 3.8) is 0 Å². The van der Waals surface area contributed by atoms with Crippen molar-refractivity contribution in [2.45, 2.75) is 46.5 Å². The zero-order valence-corrected chi connectivity index (χ0v) is 13.6. The summed E-state index contributed by atoms with van der Waals surface area (Å²) in [5.41, 5.74) is 2.33. The number of aryl methyl sites for hydroxylation is 1. The van der Waals surface area contributed by atoms with Gasteiger partial charge in [0.05, 0.1) is 0 Å². The van der Waals surface area contributed by atoms with Gasteiger partial charge in [0.2, 0.25) is 0 Å². The van der Waals surface area contributed by atoms with Crippen LogP contribution >= 0.6 is 0 Å². The average molecular weight is 288 g/mol. The van der Waals surface area contributed by atoms with Crippen molar-refractivity contribution < 1.29 is 4.79 Å². The molecule has 3 heteroatoms. The van der Waals surface area contributed by atoms with Gasteiger partial charge in [-0.25, -0.2) is 4.79 Å². The lowest BCUT2D eigenvalue weighted by Crippen LogP contribution is -2.38. The van der Waals surface area contributed by atoms with E-state index in [9.17, 15) is 4.79 Å². The molecule has 116 valence electrons. The molecule has 0 saturated heterocycles. The van der Waals surface area contributed by atoms with Crippen LogP contribution in [-0.4, -0.2) is 24.0 Å². The van der Waals surface area contributed by atoms with Crippen LogP contribution < -0.4 is 5.32 Å². The van der Waals surface area contributed by atoms with Gasteiger partial charge in [-0.1, -0.05) is 56.5 Å². The number of rotatable bonds is 8. The van der Waals surface area contributed by atoms with Crippen molar-refractivity contribution in [1.29, 1.82) is 0 Å². The number of unbranched alkanes of at least 4 members (excludes halogenated alkanes) is 2. The van der Waals surface area contributed by atoms with Crippen LogP contribution in [0.5, 0.6) is 0 Å². The number of nitrogens with zero attached hydrogens (tertiary/aromatic N) is 1. The van der Waals surface area contributed by atoms with Crippen molar-refractivity contribution in [2.24, 2.45) is 0 Å². The third-order valence-electron chi connectivity index (χ3n) is 3.41. The summed E-state index contributed by atoms with van der Waals surface area (Å²) < 4.78 is 0. The van der Waals surface area contributed by atoms with Crippen molar-refractivity contribution in [3.05, 3.63) is 41.6 Å². The molecule has 0 aromatic heterocycles. The quantitative estimate of drug-likeness (QED) is 0.746. The van der Waals surface area contributed by atoms with Crippen molar-refractivity contribution in [2.75, 3.05) is 13.1 Å². The number of hydrogen-bond donors (Lipinski definition) is 1. The van der Waals surface area contributed by atoms with Gasteiger partial charge in [-0.05, 0) is 31.4 Å². The number of carbonyl (C=O) groups is 1. The van der Waals surface area contributed by atoms with Gasteiger partial charge in [0.25, 0.3) is 0 Å². The van der Waals surface area contributed by atoms with E-state index in [1.165, 1.54) is 5.56 Å². The second-order valence-corrected chi connectivity index (χ2v) is 5.39. The molecule has 0 heterocycles. The highest BCUT2D eigenvalue weighted by atomic mass is 16.2. The molecule has 3 nitrogen and oxygen atoms in total. The first-order valence-corrected chi connectivity index (χ1v) is 7.96. The van der Waals surface area contributed by atoms with Gasteiger partial charge < -0.3 is 10.2 Å². The van der Waals surface area contributed by atoms with Gasteiger partial charge in [0, 0.05) is 19.3 Å². The predicted octanol–water partition coefficient (Wildman–Crippen LogP) is 4.58.